The maximum Gasteiger partial charge on any atom is 0.196 e. The Morgan fingerprint density at radius 2 is 1.25 bits per heavy atom. The lowest BCUT2D eigenvalue weighted by Crippen LogP contribution is -2.01. The summed E-state index contributed by atoms with van der Waals surface area (Å²) in [4.78, 5) is 0. The van der Waals surface area contributed by atoms with Gasteiger partial charge in [-0.05, 0) is 60.7 Å². The van der Waals surface area contributed by atoms with E-state index >= 15 is 0 Å². The highest BCUT2D eigenvalue weighted by atomic mass is 31.1. The standard InChI is InChI=1S/C18H15N2O3P/c19-12-4-8-14(9-5-12)22-16-2-1-3-17(24-21)18(16)23-15-10-6-13(20)7-11-15/h1-11H,19-20H2. The monoisotopic (exact) mass is 338 g/mol. The molecular weight excluding hydrogens is 323 g/mol. The highest BCUT2D eigenvalue weighted by Gasteiger charge is 2.13. The van der Waals surface area contributed by atoms with Crippen LogP contribution in [0.2, 0.25) is 0 Å². The van der Waals surface area contributed by atoms with E-state index in [0.717, 1.165) is 0 Å². The number of para-hydroxylation sites is 1. The first-order valence-electron chi connectivity index (χ1n) is 7.19. The SMILES string of the molecule is Nc1ccc(Oc2cccc(P=O)c2Oc2ccc(N)cc2)cc1. The van der Waals surface area contributed by atoms with E-state index in [-0.39, 0.29) is 8.46 Å². The Labute approximate surface area is 141 Å². The number of nitrogen functional groups attached to an aromatic ring is 2. The highest BCUT2D eigenvalue weighted by Crippen LogP contribution is 2.35. The first-order chi connectivity index (χ1) is 11.7. The van der Waals surface area contributed by atoms with E-state index < -0.39 is 0 Å². The van der Waals surface area contributed by atoms with Gasteiger partial charge < -0.3 is 20.9 Å². The van der Waals surface area contributed by atoms with Crippen LogP contribution in [0.15, 0.2) is 66.7 Å². The van der Waals surface area contributed by atoms with Crippen molar-refractivity contribution in [3.05, 3.63) is 66.7 Å². The van der Waals surface area contributed by atoms with E-state index in [2.05, 4.69) is 0 Å². The minimum Gasteiger partial charge on any atom is -0.453 e. The molecule has 0 aliphatic heterocycles. The molecule has 3 rings (SSSR count). The molecule has 0 heterocycles. The molecule has 5 nitrogen and oxygen atoms in total. The van der Waals surface area contributed by atoms with E-state index in [1.165, 1.54) is 0 Å². The predicted octanol–water partition coefficient (Wildman–Crippen LogP) is 4.35. The number of benzene rings is 3. The van der Waals surface area contributed by atoms with Crippen molar-refractivity contribution < 1.29 is 14.0 Å². The molecule has 0 bridgehead atoms. The highest BCUT2D eigenvalue weighted by molar-refractivity contribution is 7.34. The number of rotatable bonds is 5. The van der Waals surface area contributed by atoms with Gasteiger partial charge in [-0.3, -0.25) is 4.57 Å². The average molecular weight is 338 g/mol. The summed E-state index contributed by atoms with van der Waals surface area (Å²) in [5.74, 6) is 2.02. The van der Waals surface area contributed by atoms with Crippen LogP contribution in [0.5, 0.6) is 23.0 Å². The largest absolute Gasteiger partial charge is 0.453 e. The number of hydrogen-bond donors (Lipinski definition) is 2. The molecule has 4 N–H and O–H groups in total. The lowest BCUT2D eigenvalue weighted by atomic mass is 10.3. The summed E-state index contributed by atoms with van der Waals surface area (Å²) < 4.78 is 23.2. The zero-order valence-electron chi connectivity index (χ0n) is 12.7. The molecule has 3 aromatic rings. The van der Waals surface area contributed by atoms with Crippen molar-refractivity contribution in [2.45, 2.75) is 0 Å². The molecule has 0 fully saturated rings. The van der Waals surface area contributed by atoms with Gasteiger partial charge in [-0.2, -0.15) is 0 Å². The van der Waals surface area contributed by atoms with Crippen LogP contribution >= 0.6 is 8.46 Å². The van der Waals surface area contributed by atoms with Crippen molar-refractivity contribution in [3.8, 4) is 23.0 Å². The second kappa shape index (κ2) is 7.02. The van der Waals surface area contributed by atoms with E-state index in [9.17, 15) is 4.57 Å². The number of hydrogen-bond acceptors (Lipinski definition) is 5. The molecular formula is C18H15N2O3P. The topological polar surface area (TPSA) is 87.6 Å². The smallest absolute Gasteiger partial charge is 0.196 e. The van der Waals surface area contributed by atoms with Gasteiger partial charge in [0.2, 0.25) is 0 Å². The molecule has 0 unspecified atom stereocenters. The Kier molecular flexibility index (Phi) is 4.64. The quantitative estimate of drug-likeness (QED) is 0.533. The first kappa shape index (κ1) is 15.8. The molecule has 0 atom stereocenters. The van der Waals surface area contributed by atoms with Crippen molar-refractivity contribution in [3.63, 3.8) is 0 Å². The summed E-state index contributed by atoms with van der Waals surface area (Å²) in [5.41, 5.74) is 12.6. The minimum atomic E-state index is -0.161. The van der Waals surface area contributed by atoms with Gasteiger partial charge in [0, 0.05) is 11.4 Å². The van der Waals surface area contributed by atoms with Crippen LogP contribution in [0.4, 0.5) is 11.4 Å². The second-order valence-electron chi connectivity index (χ2n) is 5.04. The normalized spacial score (nSPS) is 10.5. The zero-order valence-corrected chi connectivity index (χ0v) is 13.6. The molecule has 0 aliphatic carbocycles. The van der Waals surface area contributed by atoms with E-state index in [4.69, 9.17) is 20.9 Å². The van der Waals surface area contributed by atoms with E-state index in [0.29, 0.717) is 39.7 Å². The van der Waals surface area contributed by atoms with Gasteiger partial charge in [0.05, 0.1) is 5.30 Å². The zero-order chi connectivity index (χ0) is 16.9. The van der Waals surface area contributed by atoms with Crippen LogP contribution in [0.25, 0.3) is 0 Å². The van der Waals surface area contributed by atoms with Gasteiger partial charge in [0.15, 0.2) is 20.0 Å². The average Bonchev–Trinajstić information content (AvgIpc) is 2.60. The fourth-order valence-electron chi connectivity index (χ4n) is 2.08. The molecule has 3 aromatic carbocycles. The van der Waals surface area contributed by atoms with Crippen LogP contribution in [0.3, 0.4) is 0 Å². The van der Waals surface area contributed by atoms with E-state index in [1.807, 2.05) is 0 Å². The van der Waals surface area contributed by atoms with Crippen LogP contribution in [-0.2, 0) is 4.57 Å². The Morgan fingerprint density at radius 1 is 0.708 bits per heavy atom. The van der Waals surface area contributed by atoms with Crippen molar-refractivity contribution in [2.24, 2.45) is 0 Å². The Morgan fingerprint density at radius 3 is 1.79 bits per heavy atom. The molecule has 0 saturated heterocycles. The third-order valence-electron chi connectivity index (χ3n) is 3.26. The molecule has 24 heavy (non-hydrogen) atoms. The van der Waals surface area contributed by atoms with Crippen molar-refractivity contribution >= 4 is 25.1 Å². The molecule has 6 heteroatoms. The van der Waals surface area contributed by atoms with Crippen molar-refractivity contribution in [2.75, 3.05) is 11.5 Å². The maximum absolute atomic E-state index is 11.4. The Hall–Kier alpha value is -3.04. The molecule has 0 aromatic heterocycles. The molecule has 0 radical (unpaired) electrons. The molecule has 0 aliphatic rings. The van der Waals surface area contributed by atoms with Gasteiger partial charge in [0.25, 0.3) is 0 Å². The van der Waals surface area contributed by atoms with Crippen LogP contribution in [0, 0.1) is 0 Å². The predicted molar refractivity (Wildman–Crippen MR) is 95.5 cm³/mol. The summed E-state index contributed by atoms with van der Waals surface area (Å²) in [5, 5.41) is 0.486. The van der Waals surface area contributed by atoms with Crippen molar-refractivity contribution in [1.82, 2.24) is 0 Å². The van der Waals surface area contributed by atoms with E-state index in [1.54, 1.807) is 66.7 Å². The second-order valence-corrected chi connectivity index (χ2v) is 5.70. The molecule has 0 saturated carbocycles. The van der Waals surface area contributed by atoms with Gasteiger partial charge in [0.1, 0.15) is 11.5 Å². The van der Waals surface area contributed by atoms with Gasteiger partial charge in [-0.25, -0.2) is 0 Å². The van der Waals surface area contributed by atoms with Crippen LogP contribution in [-0.4, -0.2) is 0 Å². The lowest BCUT2D eigenvalue weighted by Gasteiger charge is -2.14. The summed E-state index contributed by atoms with van der Waals surface area (Å²) in [6.07, 6.45) is 0. The fraction of sp³-hybridized carbons (Fsp3) is 0. The first-order valence-corrected chi connectivity index (χ1v) is 8.00. The summed E-state index contributed by atoms with van der Waals surface area (Å²) in [6, 6.07) is 19.1. The van der Waals surface area contributed by atoms with Crippen LogP contribution in [0.1, 0.15) is 0 Å². The minimum absolute atomic E-state index is 0.161. The number of anilines is 2. The maximum atomic E-state index is 11.4. The summed E-state index contributed by atoms with van der Waals surface area (Å²) in [6.45, 7) is 0. The molecule has 0 amide bonds. The third-order valence-corrected chi connectivity index (χ3v) is 3.81. The summed E-state index contributed by atoms with van der Waals surface area (Å²) in [7, 11) is -0.161. The molecule has 120 valence electrons. The van der Waals surface area contributed by atoms with Crippen LogP contribution < -0.4 is 26.2 Å². The number of nitrogens with two attached hydrogens (primary N) is 2. The van der Waals surface area contributed by atoms with Gasteiger partial charge in [-0.1, -0.05) is 6.07 Å². The lowest BCUT2D eigenvalue weighted by molar-refractivity contribution is 0.421. The summed E-state index contributed by atoms with van der Waals surface area (Å²) >= 11 is 0. The Bertz CT molecular complexity index is 849. The number of ether oxygens (including phenoxy) is 2. The van der Waals surface area contributed by atoms with Gasteiger partial charge >= 0.3 is 0 Å². The van der Waals surface area contributed by atoms with Gasteiger partial charge in [-0.15, -0.1) is 0 Å². The Balaban J connectivity index is 1.95. The third kappa shape index (κ3) is 3.65. The van der Waals surface area contributed by atoms with Crippen molar-refractivity contribution in [1.29, 1.82) is 0 Å². The fourth-order valence-corrected chi connectivity index (χ4v) is 2.46. The molecule has 0 spiro atoms.